The molecule has 0 spiro atoms. The van der Waals surface area contributed by atoms with E-state index in [9.17, 15) is 9.59 Å². The third-order valence-corrected chi connectivity index (χ3v) is 4.57. The van der Waals surface area contributed by atoms with Crippen LogP contribution in [0.2, 0.25) is 0 Å². The summed E-state index contributed by atoms with van der Waals surface area (Å²) in [6, 6.07) is 23.7. The second kappa shape index (κ2) is 8.91. The summed E-state index contributed by atoms with van der Waals surface area (Å²) in [6.07, 6.45) is 2.08. The van der Waals surface area contributed by atoms with Gasteiger partial charge in [0, 0.05) is 30.0 Å². The number of nitrogens with one attached hydrogen (secondary N) is 3. The topological polar surface area (TPSA) is 88.1 Å². The minimum absolute atomic E-state index is 0.0877. The minimum atomic E-state index is -0.328. The lowest BCUT2D eigenvalue weighted by molar-refractivity contribution is -0.116. The number of para-hydroxylation sites is 3. The number of carbonyl (C=O) groups is 2. The van der Waals surface area contributed by atoms with Gasteiger partial charge in [-0.1, -0.05) is 30.3 Å². The second-order valence-corrected chi connectivity index (χ2v) is 6.75. The summed E-state index contributed by atoms with van der Waals surface area (Å²) in [5, 5.41) is 8.38. The molecule has 0 aliphatic rings. The molecule has 1 heterocycles. The van der Waals surface area contributed by atoms with Crippen LogP contribution in [0.5, 0.6) is 0 Å². The second-order valence-electron chi connectivity index (χ2n) is 6.75. The quantitative estimate of drug-likeness (QED) is 0.439. The monoisotopic (exact) mass is 399 g/mol. The summed E-state index contributed by atoms with van der Waals surface area (Å²) in [4.78, 5) is 28.7. The molecule has 0 fully saturated rings. The lowest BCUT2D eigenvalue weighted by atomic mass is 10.2. The van der Waals surface area contributed by atoms with E-state index < -0.39 is 0 Å². The normalized spacial score (nSPS) is 10.5. The molecule has 7 heteroatoms. The Hall–Kier alpha value is -4.13. The van der Waals surface area contributed by atoms with Gasteiger partial charge in [0.1, 0.15) is 0 Å². The van der Waals surface area contributed by atoms with Crippen LogP contribution in [0.25, 0.3) is 11.0 Å². The molecule has 4 rings (SSSR count). The van der Waals surface area contributed by atoms with Gasteiger partial charge in [-0.05, 0) is 48.5 Å². The average Bonchev–Trinajstić information content (AvgIpc) is 3.17. The van der Waals surface area contributed by atoms with Gasteiger partial charge in [-0.25, -0.2) is 9.78 Å². The van der Waals surface area contributed by atoms with Crippen LogP contribution in [0, 0.1) is 0 Å². The zero-order chi connectivity index (χ0) is 20.8. The summed E-state index contributed by atoms with van der Waals surface area (Å²) in [5.41, 5.74) is 3.94. The fourth-order valence-electron chi connectivity index (χ4n) is 3.09. The van der Waals surface area contributed by atoms with Crippen molar-refractivity contribution < 1.29 is 9.59 Å². The van der Waals surface area contributed by atoms with Crippen LogP contribution in [0.4, 0.5) is 21.9 Å². The van der Waals surface area contributed by atoms with Gasteiger partial charge >= 0.3 is 6.03 Å². The number of urea groups is 1. The van der Waals surface area contributed by atoms with E-state index in [0.29, 0.717) is 30.0 Å². The van der Waals surface area contributed by atoms with Crippen molar-refractivity contribution in [3.63, 3.8) is 0 Å². The van der Waals surface area contributed by atoms with Crippen LogP contribution in [-0.2, 0) is 11.3 Å². The Balaban J connectivity index is 1.27. The number of hydrogen-bond acceptors (Lipinski definition) is 3. The van der Waals surface area contributed by atoms with Crippen LogP contribution in [0.1, 0.15) is 6.42 Å². The van der Waals surface area contributed by atoms with Crippen LogP contribution in [0.15, 0.2) is 85.2 Å². The van der Waals surface area contributed by atoms with Gasteiger partial charge < -0.3 is 20.5 Å². The third kappa shape index (κ3) is 4.82. The van der Waals surface area contributed by atoms with Crippen molar-refractivity contribution in [2.45, 2.75) is 13.0 Å². The summed E-state index contributed by atoms with van der Waals surface area (Å²) in [5.74, 6) is -0.0877. The molecule has 0 atom stereocenters. The van der Waals surface area contributed by atoms with E-state index in [2.05, 4.69) is 20.9 Å². The Labute approximate surface area is 173 Å². The smallest absolute Gasteiger partial charge is 0.323 e. The number of aromatic nitrogens is 2. The van der Waals surface area contributed by atoms with E-state index in [-0.39, 0.29) is 11.9 Å². The van der Waals surface area contributed by atoms with Gasteiger partial charge in [-0.15, -0.1) is 0 Å². The number of rotatable bonds is 6. The lowest BCUT2D eigenvalue weighted by Crippen LogP contribution is -2.19. The molecule has 0 aliphatic carbocycles. The number of imidazole rings is 1. The lowest BCUT2D eigenvalue weighted by Gasteiger charge is -2.09. The highest BCUT2D eigenvalue weighted by atomic mass is 16.2. The molecule has 3 N–H and O–H groups in total. The highest BCUT2D eigenvalue weighted by Gasteiger charge is 2.07. The zero-order valence-electron chi connectivity index (χ0n) is 16.2. The van der Waals surface area contributed by atoms with E-state index in [1.54, 1.807) is 30.6 Å². The van der Waals surface area contributed by atoms with E-state index in [1.165, 1.54) is 0 Å². The Kier molecular flexibility index (Phi) is 5.70. The van der Waals surface area contributed by atoms with Crippen molar-refractivity contribution in [2.75, 3.05) is 16.0 Å². The number of fused-ring (bicyclic) bond motifs is 1. The van der Waals surface area contributed by atoms with Crippen molar-refractivity contribution >= 4 is 40.0 Å². The number of aryl methyl sites for hydroxylation is 1. The van der Waals surface area contributed by atoms with Gasteiger partial charge in [-0.3, -0.25) is 4.79 Å². The van der Waals surface area contributed by atoms with Gasteiger partial charge in [0.05, 0.1) is 17.4 Å². The first-order valence-corrected chi connectivity index (χ1v) is 9.60. The Morgan fingerprint density at radius 3 is 2.07 bits per heavy atom. The van der Waals surface area contributed by atoms with E-state index in [4.69, 9.17) is 0 Å². The molecule has 4 aromatic rings. The largest absolute Gasteiger partial charge is 0.330 e. The first-order chi connectivity index (χ1) is 14.7. The molecule has 1 aromatic heterocycles. The van der Waals surface area contributed by atoms with Gasteiger partial charge in [0.15, 0.2) is 0 Å². The highest BCUT2D eigenvalue weighted by Crippen LogP contribution is 2.16. The predicted octanol–water partition coefficient (Wildman–Crippen LogP) is 4.71. The molecular formula is C23H21N5O2. The Morgan fingerprint density at radius 1 is 0.733 bits per heavy atom. The predicted molar refractivity (Wildman–Crippen MR) is 119 cm³/mol. The van der Waals surface area contributed by atoms with Crippen molar-refractivity contribution in [1.29, 1.82) is 0 Å². The number of anilines is 3. The minimum Gasteiger partial charge on any atom is -0.330 e. The first kappa shape index (κ1) is 19.2. The molecular weight excluding hydrogens is 378 g/mol. The maximum absolute atomic E-state index is 12.3. The third-order valence-electron chi connectivity index (χ3n) is 4.57. The van der Waals surface area contributed by atoms with Crippen molar-refractivity contribution in [3.8, 4) is 0 Å². The molecule has 3 amide bonds. The molecule has 0 saturated carbocycles. The molecule has 0 unspecified atom stereocenters. The number of hydrogen-bond donors (Lipinski definition) is 3. The zero-order valence-corrected chi connectivity index (χ0v) is 16.2. The maximum Gasteiger partial charge on any atom is 0.323 e. The maximum atomic E-state index is 12.3. The standard InChI is InChI=1S/C23H21N5O2/c29-22(14-15-28-16-24-20-8-4-5-9-21(20)28)25-18-10-12-19(13-11-18)27-23(30)26-17-6-2-1-3-7-17/h1-13,16H,14-15H2,(H,25,29)(H2,26,27,30). The molecule has 7 nitrogen and oxygen atoms in total. The van der Waals surface area contributed by atoms with Gasteiger partial charge in [-0.2, -0.15) is 0 Å². The molecule has 0 aliphatic heterocycles. The van der Waals surface area contributed by atoms with Crippen LogP contribution in [0.3, 0.4) is 0 Å². The Morgan fingerprint density at radius 2 is 1.33 bits per heavy atom. The summed E-state index contributed by atoms with van der Waals surface area (Å²) in [6.45, 7) is 0.547. The highest BCUT2D eigenvalue weighted by molar-refractivity contribution is 6.00. The average molecular weight is 399 g/mol. The molecule has 150 valence electrons. The van der Waals surface area contributed by atoms with Crippen LogP contribution < -0.4 is 16.0 Å². The molecule has 0 radical (unpaired) electrons. The van der Waals surface area contributed by atoms with Gasteiger partial charge in [0.25, 0.3) is 0 Å². The van der Waals surface area contributed by atoms with Gasteiger partial charge in [0.2, 0.25) is 5.91 Å². The molecule has 0 saturated heterocycles. The molecule has 30 heavy (non-hydrogen) atoms. The van der Waals surface area contributed by atoms with Crippen molar-refractivity contribution in [1.82, 2.24) is 9.55 Å². The number of nitrogens with zero attached hydrogens (tertiary/aromatic N) is 2. The molecule has 0 bridgehead atoms. The van der Waals surface area contributed by atoms with Crippen molar-refractivity contribution in [2.24, 2.45) is 0 Å². The number of amides is 3. The SMILES string of the molecule is O=C(CCn1cnc2ccccc21)Nc1ccc(NC(=O)Nc2ccccc2)cc1. The fourth-order valence-corrected chi connectivity index (χ4v) is 3.09. The van der Waals surface area contributed by atoms with E-state index >= 15 is 0 Å². The number of benzene rings is 3. The van der Waals surface area contributed by atoms with Crippen LogP contribution in [-0.4, -0.2) is 21.5 Å². The Bertz CT molecular complexity index is 1150. The summed E-state index contributed by atoms with van der Waals surface area (Å²) >= 11 is 0. The fraction of sp³-hybridized carbons (Fsp3) is 0.0870. The summed E-state index contributed by atoms with van der Waals surface area (Å²) < 4.78 is 1.97. The van der Waals surface area contributed by atoms with Crippen molar-refractivity contribution in [3.05, 3.63) is 85.2 Å². The van der Waals surface area contributed by atoms with E-state index in [0.717, 1.165) is 11.0 Å². The molecule has 3 aromatic carbocycles. The van der Waals surface area contributed by atoms with Crippen LogP contribution >= 0.6 is 0 Å². The first-order valence-electron chi connectivity index (χ1n) is 9.60. The van der Waals surface area contributed by atoms with E-state index in [1.807, 2.05) is 59.2 Å². The number of carbonyl (C=O) groups excluding carboxylic acids is 2. The summed E-state index contributed by atoms with van der Waals surface area (Å²) in [7, 11) is 0.